The minimum atomic E-state index is -4.41. The van der Waals surface area contributed by atoms with Crippen LogP contribution in [0.3, 0.4) is 0 Å². The number of rotatable bonds is 11. The van der Waals surface area contributed by atoms with Crippen molar-refractivity contribution in [3.05, 3.63) is 48.8 Å². The second kappa shape index (κ2) is 12.7. The fourth-order valence-electron chi connectivity index (χ4n) is 5.00. The number of nitrogens with zero attached hydrogens (tertiary/aromatic N) is 4. The summed E-state index contributed by atoms with van der Waals surface area (Å²) in [6.07, 6.45) is -3.18. The number of aliphatic hydroxyl groups is 1. The number of carbonyl (C=O) groups excluding carboxylic acids is 1. The van der Waals surface area contributed by atoms with E-state index in [2.05, 4.69) is 25.4 Å². The van der Waals surface area contributed by atoms with Crippen molar-refractivity contribution in [1.29, 1.82) is 0 Å². The minimum absolute atomic E-state index is 0.0784. The molecule has 2 aromatic heterocycles. The molecule has 1 aliphatic rings. The number of hydrogen-bond donors (Lipinski definition) is 4. The molecule has 4 aromatic rings. The molecular formula is C30H39FN7O7P. The Hall–Kier alpha value is -3.88. The number of aromatic nitrogens is 4. The second-order valence-electron chi connectivity index (χ2n) is 12.5. The molecule has 0 amide bonds. The van der Waals surface area contributed by atoms with Crippen LogP contribution in [-0.2, 0) is 23.4 Å². The number of benzene rings is 2. The highest BCUT2D eigenvalue weighted by molar-refractivity contribution is 7.52. The van der Waals surface area contributed by atoms with Crippen LogP contribution in [0.15, 0.2) is 48.8 Å². The van der Waals surface area contributed by atoms with Crippen molar-refractivity contribution in [3.63, 3.8) is 0 Å². The van der Waals surface area contributed by atoms with Crippen molar-refractivity contribution in [2.24, 2.45) is 5.41 Å². The molecule has 0 radical (unpaired) electrons. The van der Waals surface area contributed by atoms with Crippen molar-refractivity contribution in [3.8, 4) is 5.75 Å². The van der Waals surface area contributed by atoms with Gasteiger partial charge in [-0.05, 0) is 30.7 Å². The largest absolute Gasteiger partial charge is 0.464 e. The molecule has 5 rings (SSSR count). The predicted octanol–water partition coefficient (Wildman–Crippen LogP) is 4.36. The number of ether oxygens (including phenoxy) is 2. The molecular weight excluding hydrogens is 620 g/mol. The molecule has 0 saturated carbocycles. The fourth-order valence-corrected chi connectivity index (χ4v) is 6.52. The Balaban J connectivity index is 1.40. The van der Waals surface area contributed by atoms with Crippen LogP contribution < -0.4 is 20.7 Å². The first kappa shape index (κ1) is 33.5. The number of esters is 1. The van der Waals surface area contributed by atoms with Crippen LogP contribution in [0, 0.1) is 5.41 Å². The van der Waals surface area contributed by atoms with Crippen LogP contribution in [0.4, 0.5) is 16.2 Å². The first-order chi connectivity index (χ1) is 21.6. The summed E-state index contributed by atoms with van der Waals surface area (Å²) >= 11 is 0. The maximum absolute atomic E-state index is 16.2. The molecule has 1 saturated heterocycles. The van der Waals surface area contributed by atoms with Gasteiger partial charge < -0.3 is 30.2 Å². The number of fused-ring (bicyclic) bond motifs is 2. The van der Waals surface area contributed by atoms with Crippen LogP contribution in [0.25, 0.3) is 21.9 Å². The monoisotopic (exact) mass is 659 g/mol. The number of aliphatic hydroxyl groups excluding tert-OH is 1. The lowest BCUT2D eigenvalue weighted by Crippen LogP contribution is -2.41. The van der Waals surface area contributed by atoms with E-state index in [9.17, 15) is 14.5 Å². The maximum atomic E-state index is 16.2. The van der Waals surface area contributed by atoms with Gasteiger partial charge in [-0.2, -0.15) is 15.1 Å². The number of nitrogen functional groups attached to an aromatic ring is 1. The Labute approximate surface area is 265 Å². The van der Waals surface area contributed by atoms with E-state index < -0.39 is 50.5 Å². The molecule has 1 fully saturated rings. The zero-order chi connectivity index (χ0) is 33.4. The topological polar surface area (TPSA) is 185 Å². The number of nitrogens with one attached hydrogen (secondary N) is 2. The number of anilines is 2. The van der Waals surface area contributed by atoms with E-state index in [-0.39, 0.29) is 29.4 Å². The summed E-state index contributed by atoms with van der Waals surface area (Å²) in [5.74, 6) is -0.214. The van der Waals surface area contributed by atoms with E-state index in [1.165, 1.54) is 17.8 Å². The van der Waals surface area contributed by atoms with Gasteiger partial charge in [0.1, 0.15) is 24.0 Å². The molecule has 1 aliphatic heterocycles. The van der Waals surface area contributed by atoms with Crippen molar-refractivity contribution in [2.45, 2.75) is 64.8 Å². The quantitative estimate of drug-likeness (QED) is 0.132. The van der Waals surface area contributed by atoms with Gasteiger partial charge >= 0.3 is 13.7 Å². The fraction of sp³-hybridized carbons (Fsp3) is 0.467. The molecule has 1 unspecified atom stereocenters. The third-order valence-corrected chi connectivity index (χ3v) is 9.00. The van der Waals surface area contributed by atoms with Crippen molar-refractivity contribution in [1.82, 2.24) is 24.6 Å². The molecule has 2 aromatic carbocycles. The Bertz CT molecular complexity index is 1770. The minimum Gasteiger partial charge on any atom is -0.464 e. The van der Waals surface area contributed by atoms with Gasteiger partial charge in [0.15, 0.2) is 28.9 Å². The maximum Gasteiger partial charge on any atom is 0.459 e. The number of carbonyl (C=O) groups is 1. The van der Waals surface area contributed by atoms with E-state index in [0.717, 1.165) is 12.3 Å². The zero-order valence-electron chi connectivity index (χ0n) is 26.4. The van der Waals surface area contributed by atoms with E-state index in [0.29, 0.717) is 16.7 Å². The summed E-state index contributed by atoms with van der Waals surface area (Å²) in [5, 5.41) is 18.0. The first-order valence-electron chi connectivity index (χ1n) is 14.7. The second-order valence-corrected chi connectivity index (χ2v) is 14.2. The molecule has 14 nitrogen and oxygen atoms in total. The highest BCUT2D eigenvalue weighted by Crippen LogP contribution is 2.49. The first-order valence-corrected chi connectivity index (χ1v) is 16.2. The van der Waals surface area contributed by atoms with Crippen LogP contribution in [0.5, 0.6) is 5.75 Å². The van der Waals surface area contributed by atoms with Gasteiger partial charge in [0.05, 0.1) is 19.5 Å². The molecule has 46 heavy (non-hydrogen) atoms. The Kier molecular flexibility index (Phi) is 9.26. The summed E-state index contributed by atoms with van der Waals surface area (Å²) in [6.45, 7) is 7.88. The van der Waals surface area contributed by atoms with E-state index in [1.54, 1.807) is 31.3 Å². The normalized spacial score (nSPS) is 23.7. The van der Waals surface area contributed by atoms with E-state index in [4.69, 9.17) is 24.3 Å². The van der Waals surface area contributed by atoms with Crippen molar-refractivity contribution in [2.75, 3.05) is 31.3 Å². The average Bonchev–Trinajstić information content (AvgIpc) is 3.51. The van der Waals surface area contributed by atoms with E-state index in [1.807, 2.05) is 39.0 Å². The Morgan fingerprint density at radius 1 is 1.24 bits per heavy atom. The number of alkyl halides is 1. The van der Waals surface area contributed by atoms with Gasteiger partial charge in [-0.25, -0.2) is 13.9 Å². The van der Waals surface area contributed by atoms with Gasteiger partial charge in [-0.3, -0.25) is 13.9 Å². The summed E-state index contributed by atoms with van der Waals surface area (Å²) < 4.78 is 54.9. The predicted molar refractivity (Wildman–Crippen MR) is 170 cm³/mol. The summed E-state index contributed by atoms with van der Waals surface area (Å²) in [7, 11) is -2.78. The lowest BCUT2D eigenvalue weighted by molar-refractivity contribution is -0.148. The van der Waals surface area contributed by atoms with Gasteiger partial charge in [0.25, 0.3) is 0 Å². The smallest absolute Gasteiger partial charge is 0.459 e. The molecule has 6 atom stereocenters. The van der Waals surface area contributed by atoms with Gasteiger partial charge in [-0.15, -0.1) is 0 Å². The van der Waals surface area contributed by atoms with Gasteiger partial charge in [0, 0.05) is 12.4 Å². The molecule has 0 spiro atoms. The van der Waals surface area contributed by atoms with Crippen LogP contribution in [0.2, 0.25) is 0 Å². The molecule has 16 heteroatoms. The SMILES string of the molecule is CNc1nc(N)nc2c1ncn2[C@@H]1O[C@H](COP(=O)(N[C@@H](C)C(=O)OCC(C)(C)C)Oc2cccc3ccccc23)[C@@H](O)[C@@]1(C)F. The third kappa shape index (κ3) is 6.93. The number of imidazole rings is 1. The van der Waals surface area contributed by atoms with Crippen molar-refractivity contribution >= 4 is 47.4 Å². The van der Waals surface area contributed by atoms with Crippen molar-refractivity contribution < 1.29 is 37.4 Å². The molecule has 248 valence electrons. The lowest BCUT2D eigenvalue weighted by atomic mass is 9.98. The highest BCUT2D eigenvalue weighted by atomic mass is 31.2. The highest BCUT2D eigenvalue weighted by Gasteiger charge is 2.56. The lowest BCUT2D eigenvalue weighted by Gasteiger charge is -2.26. The van der Waals surface area contributed by atoms with Gasteiger partial charge in [0.2, 0.25) is 5.95 Å². The van der Waals surface area contributed by atoms with Crippen LogP contribution in [0.1, 0.15) is 40.8 Å². The summed E-state index contributed by atoms with van der Waals surface area (Å²) in [4.78, 5) is 25.4. The van der Waals surface area contributed by atoms with Crippen LogP contribution in [-0.4, -0.2) is 74.8 Å². The van der Waals surface area contributed by atoms with E-state index >= 15 is 4.39 Å². The standard InChI is InChI=1S/C30H39FN7O7P/c1-17(26(40)42-15-29(2,3)4)37-46(41,45-20-13-9-11-18-10-7-8-12-19(18)20)43-14-21-23(39)30(5,31)27(44-21)38-16-34-22-24(33-6)35-28(32)36-25(22)38/h7-13,16-17,21,23,27,39H,14-15H2,1-6H3,(H,37,41)(H3,32,33,35,36)/t17-,21+,23+,27+,30+,46?/m0/s1. The number of hydrogen-bond acceptors (Lipinski definition) is 12. The Morgan fingerprint density at radius 3 is 2.67 bits per heavy atom. The van der Waals surface area contributed by atoms with Gasteiger partial charge in [-0.1, -0.05) is 57.2 Å². The molecule has 5 N–H and O–H groups in total. The summed E-state index contributed by atoms with van der Waals surface area (Å²) in [6, 6.07) is 11.3. The zero-order valence-corrected chi connectivity index (χ0v) is 27.3. The Morgan fingerprint density at radius 2 is 1.96 bits per heavy atom. The summed E-state index contributed by atoms with van der Waals surface area (Å²) in [5.41, 5.74) is 3.67. The molecule has 3 heterocycles. The third-order valence-electron chi connectivity index (χ3n) is 7.37. The number of nitrogens with two attached hydrogens (primary N) is 1. The number of halogens is 1. The molecule has 0 bridgehead atoms. The van der Waals surface area contributed by atoms with Crippen LogP contribution >= 0.6 is 7.75 Å². The molecule has 0 aliphatic carbocycles. The average molecular weight is 660 g/mol.